The third-order valence-electron chi connectivity index (χ3n) is 2.10. The smallest absolute Gasteiger partial charge is 0.234 e. The number of para-hydroxylation sites is 1. The number of carbonyl (C=O) groups excluding carboxylic acids is 1. The van der Waals surface area contributed by atoms with Gasteiger partial charge in [-0.3, -0.25) is 4.79 Å². The highest BCUT2D eigenvalue weighted by Crippen LogP contribution is 2.17. The van der Waals surface area contributed by atoms with Crippen LogP contribution in [-0.4, -0.2) is 29.1 Å². The summed E-state index contributed by atoms with van der Waals surface area (Å²) in [5.41, 5.74) is 0.855. The molecule has 94 valence electrons. The number of anilines is 1. The minimum absolute atomic E-state index is 0.00394. The summed E-state index contributed by atoms with van der Waals surface area (Å²) in [5.74, 6) is 1.47. The Morgan fingerprint density at radius 1 is 1.53 bits per heavy atom. The molecule has 0 saturated carbocycles. The number of carbonyl (C=O) groups is 1. The fraction of sp³-hybridized carbons (Fsp3) is 0.417. The molecule has 1 rings (SSSR count). The van der Waals surface area contributed by atoms with E-state index in [4.69, 9.17) is 5.11 Å². The van der Waals surface area contributed by atoms with Gasteiger partial charge < -0.3 is 10.4 Å². The number of aliphatic hydroxyl groups is 1. The predicted molar refractivity (Wildman–Crippen MR) is 81.4 cm³/mol. The van der Waals surface area contributed by atoms with Crippen molar-refractivity contribution in [3.05, 3.63) is 27.8 Å². The molecule has 2 N–H and O–H groups in total. The second kappa shape index (κ2) is 7.94. The van der Waals surface area contributed by atoms with E-state index in [0.29, 0.717) is 5.75 Å². The molecule has 0 heterocycles. The van der Waals surface area contributed by atoms with E-state index in [-0.39, 0.29) is 18.4 Å². The van der Waals surface area contributed by atoms with Gasteiger partial charge in [0.05, 0.1) is 11.4 Å². The van der Waals surface area contributed by atoms with E-state index in [0.717, 1.165) is 15.0 Å². The van der Waals surface area contributed by atoms with Gasteiger partial charge in [0.1, 0.15) is 0 Å². The zero-order valence-electron chi connectivity index (χ0n) is 9.65. The molecular weight excluding hydrogens is 349 g/mol. The Kier molecular flexibility index (Phi) is 6.91. The van der Waals surface area contributed by atoms with E-state index < -0.39 is 0 Å². The second-order valence-electron chi connectivity index (χ2n) is 3.83. The quantitative estimate of drug-likeness (QED) is 0.762. The molecule has 0 spiro atoms. The zero-order valence-corrected chi connectivity index (χ0v) is 12.6. The molecule has 0 aromatic heterocycles. The first-order valence-electron chi connectivity index (χ1n) is 5.36. The van der Waals surface area contributed by atoms with Crippen molar-refractivity contribution in [1.82, 2.24) is 0 Å². The first kappa shape index (κ1) is 14.8. The summed E-state index contributed by atoms with van der Waals surface area (Å²) in [6.07, 6.45) is 0. The third-order valence-corrected chi connectivity index (χ3v) is 4.31. The van der Waals surface area contributed by atoms with Crippen molar-refractivity contribution in [2.45, 2.75) is 6.92 Å². The molecule has 5 heteroatoms. The molecule has 1 unspecified atom stereocenters. The third kappa shape index (κ3) is 5.74. The van der Waals surface area contributed by atoms with Gasteiger partial charge in [-0.15, -0.1) is 0 Å². The van der Waals surface area contributed by atoms with Gasteiger partial charge in [0.25, 0.3) is 0 Å². The van der Waals surface area contributed by atoms with Crippen LogP contribution in [0.15, 0.2) is 24.3 Å². The highest BCUT2D eigenvalue weighted by atomic mass is 127. The van der Waals surface area contributed by atoms with Crippen molar-refractivity contribution in [3.63, 3.8) is 0 Å². The number of benzene rings is 1. The normalized spacial score (nSPS) is 12.2. The Bertz CT molecular complexity index is 373. The molecule has 0 aliphatic rings. The Hall–Kier alpha value is -0.270. The van der Waals surface area contributed by atoms with Crippen LogP contribution in [-0.2, 0) is 4.79 Å². The van der Waals surface area contributed by atoms with Crippen LogP contribution in [0.2, 0.25) is 0 Å². The summed E-state index contributed by atoms with van der Waals surface area (Å²) in [6.45, 7) is 2.14. The standard InChI is InChI=1S/C12H16INO2S/c1-9(6-15)7-17-8-12(16)14-11-5-3-2-4-10(11)13/h2-5,9,15H,6-8H2,1H3,(H,14,16). The molecule has 0 aliphatic heterocycles. The van der Waals surface area contributed by atoms with Crippen LogP contribution < -0.4 is 5.32 Å². The molecule has 1 amide bonds. The van der Waals surface area contributed by atoms with E-state index in [1.54, 1.807) is 11.8 Å². The van der Waals surface area contributed by atoms with Gasteiger partial charge in [-0.1, -0.05) is 19.1 Å². The highest BCUT2D eigenvalue weighted by Gasteiger charge is 2.06. The second-order valence-corrected chi connectivity index (χ2v) is 6.02. The van der Waals surface area contributed by atoms with Gasteiger partial charge in [-0.2, -0.15) is 11.8 Å². The largest absolute Gasteiger partial charge is 0.396 e. The molecule has 1 aromatic carbocycles. The van der Waals surface area contributed by atoms with Gasteiger partial charge in [0.2, 0.25) is 5.91 Å². The number of rotatable bonds is 6. The zero-order chi connectivity index (χ0) is 12.7. The van der Waals surface area contributed by atoms with Crippen LogP contribution in [0.3, 0.4) is 0 Å². The Morgan fingerprint density at radius 2 is 2.24 bits per heavy atom. The Labute approximate surface area is 120 Å². The van der Waals surface area contributed by atoms with E-state index in [1.807, 2.05) is 31.2 Å². The molecule has 0 fully saturated rings. The Balaban J connectivity index is 2.33. The van der Waals surface area contributed by atoms with Crippen LogP contribution >= 0.6 is 34.4 Å². The van der Waals surface area contributed by atoms with Crippen LogP contribution in [0.25, 0.3) is 0 Å². The van der Waals surface area contributed by atoms with Crippen molar-refractivity contribution in [3.8, 4) is 0 Å². The summed E-state index contributed by atoms with van der Waals surface area (Å²) in [6, 6.07) is 7.69. The summed E-state index contributed by atoms with van der Waals surface area (Å²) < 4.78 is 1.03. The molecule has 0 radical (unpaired) electrons. The number of thioether (sulfide) groups is 1. The van der Waals surface area contributed by atoms with Gasteiger partial charge in [0, 0.05) is 10.2 Å². The topological polar surface area (TPSA) is 49.3 Å². The number of aliphatic hydroxyl groups excluding tert-OH is 1. The van der Waals surface area contributed by atoms with Crippen LogP contribution in [0, 0.1) is 9.49 Å². The maximum absolute atomic E-state index is 11.6. The van der Waals surface area contributed by atoms with E-state index in [9.17, 15) is 4.79 Å². The van der Waals surface area contributed by atoms with Crippen LogP contribution in [0.1, 0.15) is 6.92 Å². The lowest BCUT2D eigenvalue weighted by Gasteiger charge is -2.08. The first-order chi connectivity index (χ1) is 8.13. The minimum Gasteiger partial charge on any atom is -0.396 e. The lowest BCUT2D eigenvalue weighted by molar-refractivity contribution is -0.113. The monoisotopic (exact) mass is 365 g/mol. The van der Waals surface area contributed by atoms with Crippen molar-refractivity contribution in [2.75, 3.05) is 23.4 Å². The number of halogens is 1. The highest BCUT2D eigenvalue weighted by molar-refractivity contribution is 14.1. The fourth-order valence-electron chi connectivity index (χ4n) is 1.15. The molecule has 17 heavy (non-hydrogen) atoms. The lowest BCUT2D eigenvalue weighted by atomic mass is 10.2. The van der Waals surface area contributed by atoms with Crippen molar-refractivity contribution >= 4 is 45.9 Å². The number of hydrogen-bond donors (Lipinski definition) is 2. The number of amides is 1. The molecule has 1 aromatic rings. The lowest BCUT2D eigenvalue weighted by Crippen LogP contribution is -2.16. The Morgan fingerprint density at radius 3 is 2.88 bits per heavy atom. The maximum Gasteiger partial charge on any atom is 0.234 e. The molecular formula is C12H16INO2S. The number of hydrogen-bond acceptors (Lipinski definition) is 3. The SMILES string of the molecule is CC(CO)CSCC(=O)Nc1ccccc1I. The predicted octanol–water partition coefficient (Wildman–Crippen LogP) is 2.59. The van der Waals surface area contributed by atoms with E-state index >= 15 is 0 Å². The van der Waals surface area contributed by atoms with Gasteiger partial charge >= 0.3 is 0 Å². The fourth-order valence-corrected chi connectivity index (χ4v) is 2.56. The van der Waals surface area contributed by atoms with Crippen molar-refractivity contribution in [1.29, 1.82) is 0 Å². The molecule has 0 saturated heterocycles. The van der Waals surface area contributed by atoms with Crippen molar-refractivity contribution < 1.29 is 9.90 Å². The average Bonchev–Trinajstić information content (AvgIpc) is 2.32. The molecule has 0 bridgehead atoms. The average molecular weight is 365 g/mol. The van der Waals surface area contributed by atoms with Crippen LogP contribution in [0.4, 0.5) is 5.69 Å². The van der Waals surface area contributed by atoms with E-state index in [2.05, 4.69) is 27.9 Å². The minimum atomic E-state index is 0.00394. The summed E-state index contributed by atoms with van der Waals surface area (Å²) in [7, 11) is 0. The van der Waals surface area contributed by atoms with Gasteiger partial charge in [-0.05, 0) is 46.4 Å². The molecule has 3 nitrogen and oxygen atoms in total. The maximum atomic E-state index is 11.6. The molecule has 0 aliphatic carbocycles. The van der Waals surface area contributed by atoms with Crippen molar-refractivity contribution in [2.24, 2.45) is 5.92 Å². The van der Waals surface area contributed by atoms with Gasteiger partial charge in [0.15, 0.2) is 0 Å². The van der Waals surface area contributed by atoms with E-state index in [1.165, 1.54) is 0 Å². The number of nitrogens with one attached hydrogen (secondary N) is 1. The summed E-state index contributed by atoms with van der Waals surface area (Å²) in [5, 5.41) is 11.7. The first-order valence-corrected chi connectivity index (χ1v) is 7.59. The molecule has 1 atom stereocenters. The summed E-state index contributed by atoms with van der Waals surface area (Å²) >= 11 is 3.74. The van der Waals surface area contributed by atoms with Gasteiger partial charge in [-0.25, -0.2) is 0 Å². The van der Waals surface area contributed by atoms with Crippen LogP contribution in [0.5, 0.6) is 0 Å². The summed E-state index contributed by atoms with van der Waals surface area (Å²) in [4.78, 5) is 11.6.